The van der Waals surface area contributed by atoms with E-state index >= 15 is 0 Å². The van der Waals surface area contributed by atoms with Crippen molar-refractivity contribution in [2.24, 2.45) is 0 Å². The normalized spacial score (nSPS) is 21.8. The van der Waals surface area contributed by atoms with Crippen LogP contribution in [0.4, 0.5) is 0 Å². The molecule has 0 unspecified atom stereocenters. The second-order valence-electron chi connectivity index (χ2n) is 5.29. The summed E-state index contributed by atoms with van der Waals surface area (Å²) in [4.78, 5) is 0. The molecule has 2 aliphatic rings. The highest BCUT2D eigenvalue weighted by Gasteiger charge is 2.30. The van der Waals surface area contributed by atoms with E-state index < -0.39 is 0 Å². The van der Waals surface area contributed by atoms with Crippen molar-refractivity contribution < 1.29 is 5.32 Å². The van der Waals surface area contributed by atoms with Crippen LogP contribution >= 0.6 is 0 Å². The zero-order valence-electron chi connectivity index (χ0n) is 10.1. The Labute approximate surface area is 101 Å². The Kier molecular flexibility index (Phi) is 1.80. The lowest BCUT2D eigenvalue weighted by Gasteiger charge is -2.24. The van der Waals surface area contributed by atoms with Crippen molar-refractivity contribution >= 4 is 17.1 Å². The minimum atomic E-state index is 0.649. The van der Waals surface area contributed by atoms with Crippen LogP contribution in [0.2, 0.25) is 0 Å². The summed E-state index contributed by atoms with van der Waals surface area (Å²) in [6, 6.07) is 7.50. The molecule has 1 aliphatic carbocycles. The van der Waals surface area contributed by atoms with Gasteiger partial charge in [0, 0.05) is 11.8 Å². The van der Waals surface area contributed by atoms with Crippen molar-refractivity contribution in [3.05, 3.63) is 41.2 Å². The van der Waals surface area contributed by atoms with Gasteiger partial charge in [-0.1, -0.05) is 11.6 Å². The van der Waals surface area contributed by atoms with Crippen molar-refractivity contribution in [2.45, 2.75) is 32.2 Å². The Balaban J connectivity index is 2.15. The summed E-state index contributed by atoms with van der Waals surface area (Å²) in [5, 5.41) is 3.84. The topological polar surface area (TPSA) is 21.5 Å². The third-order valence-corrected chi connectivity index (χ3v) is 4.18. The van der Waals surface area contributed by atoms with Crippen LogP contribution in [-0.2, 0) is 6.42 Å². The summed E-state index contributed by atoms with van der Waals surface area (Å²) < 4.78 is 2.41. The molecule has 4 rings (SSSR count). The molecule has 0 radical (unpaired) electrons. The minimum Gasteiger partial charge on any atom is -0.311 e. The highest BCUT2D eigenvalue weighted by Crippen LogP contribution is 2.37. The van der Waals surface area contributed by atoms with Crippen molar-refractivity contribution in [3.8, 4) is 0 Å². The van der Waals surface area contributed by atoms with E-state index in [1.807, 2.05) is 0 Å². The lowest BCUT2D eigenvalue weighted by atomic mass is 9.91. The smallest absolute Gasteiger partial charge is 0.132 e. The number of rotatable bonds is 0. The zero-order valence-corrected chi connectivity index (χ0v) is 10.1. The SMILES string of the molecule is Cc1ccc2c(c1)c1c3n2C=C[NH2+][C@@H]3CCC1. The first-order valence-corrected chi connectivity index (χ1v) is 6.49. The second-order valence-corrected chi connectivity index (χ2v) is 5.29. The number of aryl methyl sites for hydroxylation is 2. The van der Waals surface area contributed by atoms with Crippen LogP contribution in [0.15, 0.2) is 24.4 Å². The summed E-state index contributed by atoms with van der Waals surface area (Å²) in [7, 11) is 0. The summed E-state index contributed by atoms with van der Waals surface area (Å²) in [6.45, 7) is 2.19. The van der Waals surface area contributed by atoms with Gasteiger partial charge in [-0.25, -0.2) is 0 Å². The minimum absolute atomic E-state index is 0.649. The molecule has 1 atom stereocenters. The highest BCUT2D eigenvalue weighted by molar-refractivity contribution is 5.88. The van der Waals surface area contributed by atoms with Gasteiger partial charge in [-0.15, -0.1) is 0 Å². The van der Waals surface area contributed by atoms with Gasteiger partial charge in [-0.2, -0.15) is 0 Å². The predicted octanol–water partition coefficient (Wildman–Crippen LogP) is 2.33. The van der Waals surface area contributed by atoms with Gasteiger partial charge in [-0.3, -0.25) is 0 Å². The maximum Gasteiger partial charge on any atom is 0.132 e. The fourth-order valence-corrected chi connectivity index (χ4v) is 3.43. The van der Waals surface area contributed by atoms with E-state index in [0.29, 0.717) is 6.04 Å². The first-order valence-electron chi connectivity index (χ1n) is 6.49. The molecular formula is C15H17N2+. The number of hydrogen-bond donors (Lipinski definition) is 1. The summed E-state index contributed by atoms with van der Waals surface area (Å²) in [5.74, 6) is 0. The standard InChI is InChI=1S/C15H16N2/c1-10-5-6-14-12(9-10)11-3-2-4-13-15(11)17(14)8-7-16-13/h5-9,13,16H,2-4H2,1H3/p+1/t13-/m1/s1. The molecule has 0 saturated heterocycles. The molecule has 2 nitrogen and oxygen atoms in total. The number of benzene rings is 1. The summed E-state index contributed by atoms with van der Waals surface area (Å²) >= 11 is 0. The van der Waals surface area contributed by atoms with E-state index in [-0.39, 0.29) is 0 Å². The Morgan fingerprint density at radius 1 is 1.35 bits per heavy atom. The molecule has 2 aromatic rings. The lowest BCUT2D eigenvalue weighted by molar-refractivity contribution is -0.636. The molecule has 17 heavy (non-hydrogen) atoms. The monoisotopic (exact) mass is 225 g/mol. The first-order chi connectivity index (χ1) is 8.34. The number of quaternary nitrogens is 1. The van der Waals surface area contributed by atoms with Crippen LogP contribution in [0.1, 0.15) is 35.7 Å². The van der Waals surface area contributed by atoms with Gasteiger partial charge in [0.1, 0.15) is 12.2 Å². The maximum absolute atomic E-state index is 2.41. The average Bonchev–Trinajstić information content (AvgIpc) is 2.67. The van der Waals surface area contributed by atoms with E-state index in [0.717, 1.165) is 0 Å². The second kappa shape index (κ2) is 3.23. The molecule has 0 spiro atoms. The van der Waals surface area contributed by atoms with Crippen LogP contribution < -0.4 is 5.32 Å². The molecule has 86 valence electrons. The number of aromatic nitrogens is 1. The van der Waals surface area contributed by atoms with Gasteiger partial charge < -0.3 is 9.88 Å². The molecule has 2 heteroatoms. The highest BCUT2D eigenvalue weighted by atomic mass is 15.1. The molecule has 0 amide bonds. The van der Waals surface area contributed by atoms with Crippen molar-refractivity contribution in [1.82, 2.24) is 4.57 Å². The predicted molar refractivity (Wildman–Crippen MR) is 69.6 cm³/mol. The largest absolute Gasteiger partial charge is 0.311 e. The Morgan fingerprint density at radius 3 is 3.24 bits per heavy atom. The van der Waals surface area contributed by atoms with Gasteiger partial charge >= 0.3 is 0 Å². The molecule has 1 aromatic heterocycles. The molecule has 1 aromatic carbocycles. The van der Waals surface area contributed by atoms with Gasteiger partial charge in [-0.05, 0) is 37.5 Å². The summed E-state index contributed by atoms with van der Waals surface area (Å²) in [6.07, 6.45) is 8.33. The number of hydrogen-bond acceptors (Lipinski definition) is 0. The third kappa shape index (κ3) is 1.19. The molecule has 0 fully saturated rings. The Morgan fingerprint density at radius 2 is 2.29 bits per heavy atom. The molecule has 0 saturated carbocycles. The van der Waals surface area contributed by atoms with Gasteiger partial charge in [0.25, 0.3) is 0 Å². The van der Waals surface area contributed by atoms with E-state index in [9.17, 15) is 0 Å². The fraction of sp³-hybridized carbons (Fsp3) is 0.333. The fourth-order valence-electron chi connectivity index (χ4n) is 3.43. The van der Waals surface area contributed by atoms with Crippen molar-refractivity contribution in [2.75, 3.05) is 0 Å². The molecular weight excluding hydrogens is 208 g/mol. The van der Waals surface area contributed by atoms with E-state index in [2.05, 4.69) is 47.4 Å². The van der Waals surface area contributed by atoms with E-state index in [1.54, 1.807) is 11.3 Å². The molecule has 2 N–H and O–H groups in total. The van der Waals surface area contributed by atoms with Crippen LogP contribution in [0.25, 0.3) is 17.1 Å². The van der Waals surface area contributed by atoms with Crippen molar-refractivity contribution in [1.29, 1.82) is 0 Å². The third-order valence-electron chi connectivity index (χ3n) is 4.18. The molecule has 0 bridgehead atoms. The van der Waals surface area contributed by atoms with Gasteiger partial charge in [0.15, 0.2) is 0 Å². The zero-order chi connectivity index (χ0) is 11.4. The number of fused-ring (bicyclic) bond motifs is 3. The van der Waals surface area contributed by atoms with Gasteiger partial charge in [0.2, 0.25) is 0 Å². The lowest BCUT2D eigenvalue weighted by Crippen LogP contribution is -2.80. The van der Waals surface area contributed by atoms with E-state index in [1.165, 1.54) is 35.7 Å². The number of nitrogens with two attached hydrogens (primary N) is 1. The van der Waals surface area contributed by atoms with Crippen LogP contribution in [-0.4, -0.2) is 4.57 Å². The van der Waals surface area contributed by atoms with Crippen molar-refractivity contribution in [3.63, 3.8) is 0 Å². The molecule has 1 aliphatic heterocycles. The quantitative estimate of drug-likeness (QED) is 0.711. The van der Waals surface area contributed by atoms with Crippen LogP contribution in [0.3, 0.4) is 0 Å². The van der Waals surface area contributed by atoms with Gasteiger partial charge in [0.05, 0.1) is 17.4 Å². The first kappa shape index (κ1) is 9.49. The Hall–Kier alpha value is -1.54. The maximum atomic E-state index is 2.41. The average molecular weight is 225 g/mol. The molecule has 2 heterocycles. The summed E-state index contributed by atoms with van der Waals surface area (Å²) in [5.41, 5.74) is 5.91. The number of nitrogens with zero attached hydrogens (tertiary/aromatic N) is 1. The Bertz CT molecular complexity index is 634. The van der Waals surface area contributed by atoms with Crippen LogP contribution in [0.5, 0.6) is 0 Å². The van der Waals surface area contributed by atoms with Crippen LogP contribution in [0, 0.1) is 6.92 Å². The van der Waals surface area contributed by atoms with E-state index in [4.69, 9.17) is 0 Å².